The van der Waals surface area contributed by atoms with Crippen LogP contribution in [0, 0.1) is 6.92 Å². The average molecular weight is 618 g/mol. The third kappa shape index (κ3) is 8.82. The molecule has 4 N–H and O–H groups in total. The Hall–Kier alpha value is -2.85. The van der Waals surface area contributed by atoms with E-state index >= 15 is 0 Å². The van der Waals surface area contributed by atoms with Crippen molar-refractivity contribution in [3.05, 3.63) is 42.0 Å². The molecule has 1 saturated heterocycles. The minimum absolute atomic E-state index is 0.0633. The van der Waals surface area contributed by atoms with E-state index in [-0.39, 0.29) is 55.2 Å². The Balaban J connectivity index is 0.000000436. The fraction of sp³-hybridized carbons (Fsp3) is 0.560. The van der Waals surface area contributed by atoms with E-state index in [1.54, 1.807) is 13.8 Å². The molecule has 2 unspecified atom stereocenters. The zero-order valence-corrected chi connectivity index (χ0v) is 23.5. The van der Waals surface area contributed by atoms with E-state index < -0.39 is 44.6 Å². The summed E-state index contributed by atoms with van der Waals surface area (Å²) in [6, 6.07) is 0.460. The second-order valence-corrected chi connectivity index (χ2v) is 13.3. The lowest BCUT2D eigenvalue weighted by Gasteiger charge is -2.40. The van der Waals surface area contributed by atoms with Crippen LogP contribution in [0.5, 0.6) is 0 Å². The van der Waals surface area contributed by atoms with Crippen molar-refractivity contribution >= 4 is 28.1 Å². The van der Waals surface area contributed by atoms with Crippen LogP contribution < -0.4 is 15.5 Å². The van der Waals surface area contributed by atoms with Crippen LogP contribution >= 0.6 is 10.2 Å². The van der Waals surface area contributed by atoms with E-state index in [1.807, 2.05) is 0 Å². The maximum atomic E-state index is 13.4. The topological polar surface area (TPSA) is 110 Å². The first-order chi connectivity index (χ1) is 18.6. The Morgan fingerprint density at radius 3 is 2.17 bits per heavy atom. The molecule has 1 amide bonds. The summed E-state index contributed by atoms with van der Waals surface area (Å²) in [4.78, 5) is 29.4. The monoisotopic (exact) mass is 617 g/mol. The molecule has 8 nitrogen and oxygen atoms in total. The van der Waals surface area contributed by atoms with Crippen molar-refractivity contribution < 1.29 is 42.9 Å². The molecule has 2 fully saturated rings. The summed E-state index contributed by atoms with van der Waals surface area (Å²) in [5.41, 5.74) is 0.165. The molecule has 1 aromatic heterocycles. The minimum Gasteiger partial charge on any atom is -0.389 e. The molecule has 3 atom stereocenters. The zero-order valence-electron chi connectivity index (χ0n) is 22.7. The number of imidazole rings is 1. The molecule has 2 aliphatic rings. The summed E-state index contributed by atoms with van der Waals surface area (Å²) in [6.07, 6.45) is 2.13. The van der Waals surface area contributed by atoms with Crippen molar-refractivity contribution in [2.24, 2.45) is 0 Å². The first-order valence-corrected chi connectivity index (χ1v) is 14.7. The number of aryl methyl sites for hydroxylation is 1. The molecule has 232 valence electrons. The number of benzene rings is 1. The number of rotatable bonds is 7. The molecule has 41 heavy (non-hydrogen) atoms. The van der Waals surface area contributed by atoms with Gasteiger partial charge in [-0.2, -0.15) is 0 Å². The van der Waals surface area contributed by atoms with E-state index in [4.69, 9.17) is 0 Å². The number of anilines is 1. The third-order valence-electron chi connectivity index (χ3n) is 7.09. The van der Waals surface area contributed by atoms with Crippen LogP contribution in [-0.4, -0.2) is 64.5 Å². The summed E-state index contributed by atoms with van der Waals surface area (Å²) in [5.74, 6) is -3.37. The molecule has 0 bridgehead atoms. The molecular formula is C25H34F7N5O3S. The Labute approximate surface area is 232 Å². The molecule has 1 aromatic carbocycles. The highest BCUT2D eigenvalue weighted by Gasteiger charge is 2.65. The number of carbonyl (C=O) groups excluding carboxylic acids is 2. The van der Waals surface area contributed by atoms with E-state index in [0.29, 0.717) is 18.7 Å². The van der Waals surface area contributed by atoms with E-state index in [9.17, 15) is 42.9 Å². The Morgan fingerprint density at radius 1 is 1.17 bits per heavy atom. The van der Waals surface area contributed by atoms with Gasteiger partial charge in [0, 0.05) is 43.9 Å². The van der Waals surface area contributed by atoms with Crippen molar-refractivity contribution in [2.75, 3.05) is 18.5 Å². The van der Waals surface area contributed by atoms with Crippen molar-refractivity contribution in [1.29, 1.82) is 0 Å². The molecule has 0 spiro atoms. The highest BCUT2D eigenvalue weighted by molar-refractivity contribution is 8.45. The number of likely N-dealkylation sites (N-methyl/N-ethyl adjacent to an activating group) is 1. The second-order valence-electron chi connectivity index (χ2n) is 10.9. The van der Waals surface area contributed by atoms with Crippen LogP contribution in [0.25, 0.3) is 0 Å². The Morgan fingerprint density at radius 2 is 1.76 bits per heavy atom. The Bertz CT molecular complexity index is 1230. The number of hydrogen-bond acceptors (Lipinski definition) is 6. The van der Waals surface area contributed by atoms with Gasteiger partial charge >= 0.3 is 10.2 Å². The van der Waals surface area contributed by atoms with Crippen molar-refractivity contribution in [3.63, 3.8) is 0 Å². The van der Waals surface area contributed by atoms with Gasteiger partial charge in [0.25, 0.3) is 0 Å². The number of halogens is 7. The van der Waals surface area contributed by atoms with Gasteiger partial charge in [0.15, 0.2) is 6.04 Å². The largest absolute Gasteiger partial charge is 0.389 e. The predicted molar refractivity (Wildman–Crippen MR) is 141 cm³/mol. The fourth-order valence-corrected chi connectivity index (χ4v) is 5.40. The molecule has 4 rings (SSSR count). The number of aldehydes is 1. The number of amides is 1. The standard InChI is InChI=1S/C19H23F7N4OS.C6H11NO2/c1-12-16(28-11-27-12)17(18(31)29-13-7-9-19(20,21)10-8-13)30(2)14-3-5-15(6-4-14)32(22,23,24,25)26;1-6(9)2-5(3-8)7-4-6/h3-6,11,13,17H,7-10H2,1-2H3,(H,27,28)(H,29,31);3,5,7,9H,2,4H2,1H3/t;5?,6-/m.1/s1. The number of aliphatic hydroxyl groups is 1. The molecule has 0 radical (unpaired) electrons. The Kier molecular flexibility index (Phi) is 8.58. The lowest BCUT2D eigenvalue weighted by Crippen LogP contribution is -2.46. The highest BCUT2D eigenvalue weighted by Crippen LogP contribution is 3.02. The minimum atomic E-state index is -9.83. The molecule has 1 aliphatic heterocycles. The summed E-state index contributed by atoms with van der Waals surface area (Å²) in [6.45, 7) is 3.88. The number of aromatic nitrogens is 2. The van der Waals surface area contributed by atoms with Crippen molar-refractivity contribution in [2.45, 2.75) is 80.5 Å². The molecule has 1 aliphatic carbocycles. The van der Waals surface area contributed by atoms with Gasteiger partial charge in [-0.3, -0.25) is 4.79 Å². The number of aromatic amines is 1. The van der Waals surface area contributed by atoms with Crippen LogP contribution in [0.1, 0.15) is 56.5 Å². The van der Waals surface area contributed by atoms with E-state index in [2.05, 4.69) is 20.6 Å². The van der Waals surface area contributed by atoms with Gasteiger partial charge in [-0.1, -0.05) is 19.4 Å². The van der Waals surface area contributed by atoms with Crippen LogP contribution in [0.4, 0.5) is 33.9 Å². The lowest BCUT2D eigenvalue weighted by atomic mass is 9.92. The smallest absolute Gasteiger partial charge is 0.310 e. The summed E-state index contributed by atoms with van der Waals surface area (Å²) in [7, 11) is -8.43. The highest BCUT2D eigenvalue weighted by atomic mass is 32.5. The maximum Gasteiger partial charge on any atom is 0.310 e. The van der Waals surface area contributed by atoms with Crippen LogP contribution in [0.3, 0.4) is 0 Å². The van der Waals surface area contributed by atoms with Gasteiger partial charge < -0.3 is 30.4 Å². The molecule has 2 aromatic rings. The van der Waals surface area contributed by atoms with Gasteiger partial charge in [-0.25, -0.2) is 13.8 Å². The van der Waals surface area contributed by atoms with Crippen molar-refractivity contribution in [3.8, 4) is 0 Å². The number of β-amino-alcohol motifs (C(OH)–C–C–N with tert-alkyl or cyclic N) is 1. The first-order valence-electron chi connectivity index (χ1n) is 12.8. The average Bonchev–Trinajstić information content (AvgIpc) is 3.44. The van der Waals surface area contributed by atoms with Gasteiger partial charge in [0.05, 0.1) is 23.7 Å². The molecule has 1 saturated carbocycles. The summed E-state index contributed by atoms with van der Waals surface area (Å²) >= 11 is 0. The van der Waals surface area contributed by atoms with E-state index in [0.717, 1.165) is 18.4 Å². The van der Waals surface area contributed by atoms with Crippen molar-refractivity contribution in [1.82, 2.24) is 20.6 Å². The SMILES string of the molecule is C[C@]1(O)CNC(C=O)C1.Cc1[nH]cnc1C(C(=O)NC1CCC(F)(F)CC1)N(C)c1ccc(S(F)(F)(F)(F)F)cc1. The number of carbonyl (C=O) groups is 2. The predicted octanol–water partition coefficient (Wildman–Crippen LogP) is 5.55. The normalized spacial score (nSPS) is 25.2. The zero-order chi connectivity index (χ0) is 30.9. The fourth-order valence-electron chi connectivity index (χ4n) is 4.75. The van der Waals surface area contributed by atoms with Crippen LogP contribution in [0.2, 0.25) is 0 Å². The van der Waals surface area contributed by atoms with Crippen LogP contribution in [-0.2, 0) is 9.59 Å². The second kappa shape index (κ2) is 10.8. The quantitative estimate of drug-likeness (QED) is 0.240. The van der Waals surface area contributed by atoms with Gasteiger partial charge in [-0.05, 0) is 57.4 Å². The maximum absolute atomic E-state index is 13.4. The number of hydrogen-bond donors (Lipinski definition) is 4. The first kappa shape index (κ1) is 32.7. The van der Waals surface area contributed by atoms with Gasteiger partial charge in [0.2, 0.25) is 11.8 Å². The number of alkyl halides is 2. The third-order valence-corrected chi connectivity index (χ3v) is 8.25. The lowest BCUT2D eigenvalue weighted by molar-refractivity contribution is -0.124. The van der Waals surface area contributed by atoms with E-state index in [1.165, 1.54) is 18.3 Å². The number of nitrogens with zero attached hydrogens (tertiary/aromatic N) is 2. The summed E-state index contributed by atoms with van der Waals surface area (Å²) in [5, 5.41) is 14.9. The number of nitrogens with one attached hydrogen (secondary N) is 3. The van der Waals surface area contributed by atoms with Gasteiger partial charge in [-0.15, -0.1) is 0 Å². The molecular weight excluding hydrogens is 583 g/mol. The van der Waals surface area contributed by atoms with Crippen LogP contribution in [0.15, 0.2) is 35.5 Å². The number of H-pyrrole nitrogens is 1. The molecule has 2 heterocycles. The molecule has 16 heteroatoms. The summed E-state index contributed by atoms with van der Waals surface area (Å²) < 4.78 is 91.9. The van der Waals surface area contributed by atoms with Gasteiger partial charge in [0.1, 0.15) is 11.2 Å².